The summed E-state index contributed by atoms with van der Waals surface area (Å²) in [4.78, 5) is 12.7. The number of nitrogens with one attached hydrogen (secondary N) is 1. The highest BCUT2D eigenvalue weighted by Gasteiger charge is 2.21. The van der Waals surface area contributed by atoms with Crippen LogP contribution in [0.1, 0.15) is 40.9 Å². The second kappa shape index (κ2) is 9.28. The second-order valence-electron chi connectivity index (χ2n) is 6.97. The molecule has 0 saturated heterocycles. The summed E-state index contributed by atoms with van der Waals surface area (Å²) in [5.41, 5.74) is 2.96. The van der Waals surface area contributed by atoms with Crippen LogP contribution in [0.2, 0.25) is 0 Å². The van der Waals surface area contributed by atoms with Gasteiger partial charge < -0.3 is 10.1 Å². The molecule has 1 amide bonds. The summed E-state index contributed by atoms with van der Waals surface area (Å²) in [6, 6.07) is 12.2. The molecule has 1 unspecified atom stereocenters. The van der Waals surface area contributed by atoms with E-state index in [0.29, 0.717) is 11.3 Å². The van der Waals surface area contributed by atoms with Crippen LogP contribution in [0.3, 0.4) is 0 Å². The van der Waals surface area contributed by atoms with E-state index in [1.165, 1.54) is 25.4 Å². The fourth-order valence-corrected chi connectivity index (χ4v) is 3.86. The van der Waals surface area contributed by atoms with E-state index >= 15 is 0 Å². The molecule has 2 aromatic rings. The summed E-state index contributed by atoms with van der Waals surface area (Å²) in [5, 5.41) is 3.04. The molecule has 2 aromatic carbocycles. The third-order valence-electron chi connectivity index (χ3n) is 4.84. The molecule has 0 aliphatic heterocycles. The Labute approximate surface area is 173 Å². The van der Waals surface area contributed by atoms with Gasteiger partial charge in [-0.15, -0.1) is 0 Å². The standard InChI is InChI=1S/C21H29N3O4S/c1-7-19(17-10-13-20(28-6)15(2)14-17)22-21(25)16-8-11-18(12-9-16)24(5)29(26,27)23(3)4/h8-14,19H,7H2,1-6H3,(H,22,25). The van der Waals surface area contributed by atoms with Crippen LogP contribution in [0, 0.1) is 6.92 Å². The molecule has 0 aliphatic rings. The Balaban J connectivity index is 2.16. The van der Waals surface area contributed by atoms with E-state index in [9.17, 15) is 13.2 Å². The van der Waals surface area contributed by atoms with Crippen LogP contribution >= 0.6 is 0 Å². The highest BCUT2D eigenvalue weighted by Crippen LogP contribution is 2.25. The van der Waals surface area contributed by atoms with E-state index in [0.717, 1.165) is 27.6 Å². The number of rotatable bonds is 8. The summed E-state index contributed by atoms with van der Waals surface area (Å²) in [5.74, 6) is 0.595. The van der Waals surface area contributed by atoms with Crippen molar-refractivity contribution in [3.05, 3.63) is 59.2 Å². The number of hydrogen-bond donors (Lipinski definition) is 1. The predicted octanol–water partition coefficient (Wildman–Crippen LogP) is 3.13. The maximum Gasteiger partial charge on any atom is 0.303 e. The molecule has 8 heteroatoms. The first-order chi connectivity index (χ1) is 13.6. The number of ether oxygens (including phenoxy) is 1. The predicted molar refractivity (Wildman–Crippen MR) is 116 cm³/mol. The Morgan fingerprint density at radius 1 is 1.10 bits per heavy atom. The van der Waals surface area contributed by atoms with Crippen molar-refractivity contribution in [3.63, 3.8) is 0 Å². The number of benzene rings is 2. The monoisotopic (exact) mass is 419 g/mol. The smallest absolute Gasteiger partial charge is 0.303 e. The van der Waals surface area contributed by atoms with Gasteiger partial charge in [-0.25, -0.2) is 0 Å². The average molecular weight is 420 g/mol. The van der Waals surface area contributed by atoms with Crippen molar-refractivity contribution in [2.45, 2.75) is 26.3 Å². The molecule has 0 saturated carbocycles. The maximum absolute atomic E-state index is 12.7. The molecule has 29 heavy (non-hydrogen) atoms. The van der Waals surface area contributed by atoms with Crippen molar-refractivity contribution in [3.8, 4) is 5.75 Å². The maximum atomic E-state index is 12.7. The van der Waals surface area contributed by atoms with E-state index in [1.54, 1.807) is 31.4 Å². The van der Waals surface area contributed by atoms with Crippen molar-refractivity contribution in [1.29, 1.82) is 0 Å². The summed E-state index contributed by atoms with van der Waals surface area (Å²) in [7, 11) is 2.47. The van der Waals surface area contributed by atoms with Gasteiger partial charge in [0.15, 0.2) is 0 Å². The van der Waals surface area contributed by atoms with Gasteiger partial charge in [0.1, 0.15) is 5.75 Å². The number of nitrogens with zero attached hydrogens (tertiary/aromatic N) is 2. The van der Waals surface area contributed by atoms with E-state index in [-0.39, 0.29) is 11.9 Å². The average Bonchev–Trinajstić information content (AvgIpc) is 2.71. The van der Waals surface area contributed by atoms with E-state index in [1.807, 2.05) is 32.0 Å². The number of carbonyl (C=O) groups excluding carboxylic acids is 1. The minimum Gasteiger partial charge on any atom is -0.496 e. The molecule has 0 radical (unpaired) electrons. The molecule has 1 atom stereocenters. The minimum absolute atomic E-state index is 0.136. The molecular formula is C21H29N3O4S. The quantitative estimate of drug-likeness (QED) is 0.713. The van der Waals surface area contributed by atoms with Gasteiger partial charge in [0.2, 0.25) is 0 Å². The van der Waals surface area contributed by atoms with Crippen LogP contribution in [0.25, 0.3) is 0 Å². The molecule has 0 aliphatic carbocycles. The molecule has 158 valence electrons. The second-order valence-corrected chi connectivity index (χ2v) is 9.14. The zero-order valence-electron chi connectivity index (χ0n) is 17.8. The Hall–Kier alpha value is -2.58. The lowest BCUT2D eigenvalue weighted by molar-refractivity contribution is 0.0935. The van der Waals surface area contributed by atoms with Gasteiger partial charge in [-0.3, -0.25) is 9.10 Å². The van der Waals surface area contributed by atoms with Crippen LogP contribution < -0.4 is 14.4 Å². The van der Waals surface area contributed by atoms with Gasteiger partial charge in [0, 0.05) is 26.7 Å². The Morgan fingerprint density at radius 3 is 2.21 bits per heavy atom. The number of amides is 1. The van der Waals surface area contributed by atoms with Gasteiger partial charge >= 0.3 is 10.2 Å². The molecule has 7 nitrogen and oxygen atoms in total. The molecule has 0 heterocycles. The molecule has 1 N–H and O–H groups in total. The molecule has 0 bridgehead atoms. The summed E-state index contributed by atoms with van der Waals surface area (Å²) in [6.45, 7) is 3.97. The van der Waals surface area contributed by atoms with Crippen LogP contribution in [-0.2, 0) is 10.2 Å². The fraction of sp³-hybridized carbons (Fsp3) is 0.381. The van der Waals surface area contributed by atoms with Crippen LogP contribution in [-0.4, -0.2) is 46.9 Å². The Kier molecular flexibility index (Phi) is 7.26. The Morgan fingerprint density at radius 2 is 1.72 bits per heavy atom. The highest BCUT2D eigenvalue weighted by molar-refractivity contribution is 7.90. The van der Waals surface area contributed by atoms with E-state index in [2.05, 4.69) is 5.32 Å². The fourth-order valence-electron chi connectivity index (χ4n) is 2.98. The van der Waals surface area contributed by atoms with E-state index in [4.69, 9.17) is 4.74 Å². The van der Waals surface area contributed by atoms with Crippen molar-refractivity contribution in [2.75, 3.05) is 32.6 Å². The van der Waals surface area contributed by atoms with Crippen LogP contribution in [0.4, 0.5) is 5.69 Å². The lowest BCUT2D eigenvalue weighted by Gasteiger charge is -2.23. The van der Waals surface area contributed by atoms with Gasteiger partial charge in [-0.1, -0.05) is 19.1 Å². The number of anilines is 1. The van der Waals surface area contributed by atoms with Crippen LogP contribution in [0.15, 0.2) is 42.5 Å². The van der Waals surface area contributed by atoms with Gasteiger partial charge in [-0.05, 0) is 54.8 Å². The minimum atomic E-state index is -3.58. The first kappa shape index (κ1) is 22.7. The summed E-state index contributed by atoms with van der Waals surface area (Å²) >= 11 is 0. The lowest BCUT2D eigenvalue weighted by Crippen LogP contribution is -2.37. The normalized spacial score (nSPS) is 12.5. The summed E-state index contributed by atoms with van der Waals surface area (Å²) < 4.78 is 32.1. The molecule has 0 spiro atoms. The zero-order chi connectivity index (χ0) is 21.8. The van der Waals surface area contributed by atoms with Crippen molar-refractivity contribution in [2.24, 2.45) is 0 Å². The first-order valence-corrected chi connectivity index (χ1v) is 10.7. The lowest BCUT2D eigenvalue weighted by atomic mass is 10.0. The highest BCUT2D eigenvalue weighted by atomic mass is 32.2. The van der Waals surface area contributed by atoms with Crippen LogP contribution in [0.5, 0.6) is 5.75 Å². The number of carbonyl (C=O) groups is 1. The van der Waals surface area contributed by atoms with Crippen molar-refractivity contribution >= 4 is 21.8 Å². The SMILES string of the molecule is CCC(NC(=O)c1ccc(N(C)S(=O)(=O)N(C)C)cc1)c1ccc(OC)c(C)c1. The summed E-state index contributed by atoms with van der Waals surface area (Å²) in [6.07, 6.45) is 0.736. The zero-order valence-corrected chi connectivity index (χ0v) is 18.6. The third-order valence-corrected chi connectivity index (χ3v) is 6.66. The molecule has 0 aromatic heterocycles. The van der Waals surface area contributed by atoms with Crippen molar-refractivity contribution in [1.82, 2.24) is 9.62 Å². The first-order valence-electron chi connectivity index (χ1n) is 9.33. The van der Waals surface area contributed by atoms with Crippen molar-refractivity contribution < 1.29 is 17.9 Å². The van der Waals surface area contributed by atoms with Gasteiger partial charge in [-0.2, -0.15) is 12.7 Å². The van der Waals surface area contributed by atoms with Gasteiger partial charge in [0.05, 0.1) is 18.8 Å². The topological polar surface area (TPSA) is 79.0 Å². The third kappa shape index (κ3) is 5.07. The Bertz CT molecular complexity index is 956. The number of methoxy groups -OCH3 is 1. The van der Waals surface area contributed by atoms with Gasteiger partial charge in [0.25, 0.3) is 5.91 Å². The largest absolute Gasteiger partial charge is 0.496 e. The van der Waals surface area contributed by atoms with E-state index < -0.39 is 10.2 Å². The molecular weight excluding hydrogens is 390 g/mol. The molecule has 2 rings (SSSR count). The number of hydrogen-bond acceptors (Lipinski definition) is 4. The molecule has 0 fully saturated rings. The number of aryl methyl sites for hydroxylation is 1.